The number of para-hydroxylation sites is 1. The maximum Gasteiger partial charge on any atom is 0.0546 e. The molecule has 272 valence electrons. The topological polar surface area (TPSA) is 6.48 Å². The highest BCUT2D eigenvalue weighted by Gasteiger charge is 2.38. The highest BCUT2D eigenvalue weighted by molar-refractivity contribution is 6.14. The van der Waals surface area contributed by atoms with Crippen LogP contribution in [0.1, 0.15) is 37.8 Å². The first kappa shape index (κ1) is 33.4. The van der Waals surface area contributed by atoms with Gasteiger partial charge in [0, 0.05) is 39.1 Å². The molecule has 0 unspecified atom stereocenters. The van der Waals surface area contributed by atoms with E-state index in [1.54, 1.807) is 0 Å². The van der Waals surface area contributed by atoms with Crippen LogP contribution >= 0.6 is 0 Å². The average molecular weight is 731 g/mol. The maximum absolute atomic E-state index is 2.50. The standard InChI is InChI=1S/C55H42N2/c1-55(2)50-21-10-9-19-46(50)47-34-32-45(36-51(47)55)56(43-28-23-38(24-29-43)37-13-5-3-6-14-37)44-30-25-39(26-31-44)41-27-33-48-49-20-11-15-40-16-12-22-52(54(40)49)57(53(48)35-41)42-17-7-4-8-18-42/h3-31,33,35-36H,32,34H2,1-2H3. The van der Waals surface area contributed by atoms with Crippen molar-refractivity contribution in [3.8, 4) is 33.4 Å². The van der Waals surface area contributed by atoms with E-state index in [9.17, 15) is 0 Å². The summed E-state index contributed by atoms with van der Waals surface area (Å²) in [4.78, 5) is 4.92. The molecule has 0 amide bonds. The van der Waals surface area contributed by atoms with E-state index in [2.05, 4.69) is 218 Å². The molecule has 8 aromatic carbocycles. The third-order valence-electron chi connectivity index (χ3n) is 12.5. The number of anilines is 5. The number of benzene rings is 8. The zero-order chi connectivity index (χ0) is 38.1. The number of allylic oxidation sites excluding steroid dienone is 4. The van der Waals surface area contributed by atoms with Crippen LogP contribution in [0.5, 0.6) is 0 Å². The summed E-state index contributed by atoms with van der Waals surface area (Å²) in [7, 11) is 0. The molecule has 0 spiro atoms. The van der Waals surface area contributed by atoms with Gasteiger partial charge in [-0.1, -0.05) is 153 Å². The Kier molecular flexibility index (Phi) is 7.69. The highest BCUT2D eigenvalue weighted by atomic mass is 15.2. The summed E-state index contributed by atoms with van der Waals surface area (Å²) >= 11 is 0. The lowest BCUT2D eigenvalue weighted by atomic mass is 9.79. The van der Waals surface area contributed by atoms with Gasteiger partial charge < -0.3 is 9.80 Å². The fraction of sp³-hybridized carbons (Fsp3) is 0.0909. The minimum absolute atomic E-state index is 0.0452. The summed E-state index contributed by atoms with van der Waals surface area (Å²) in [5.41, 5.74) is 20.4. The molecule has 0 bridgehead atoms. The van der Waals surface area contributed by atoms with Gasteiger partial charge in [-0.2, -0.15) is 0 Å². The van der Waals surface area contributed by atoms with Crippen LogP contribution in [-0.2, 0) is 5.41 Å². The predicted molar refractivity (Wildman–Crippen MR) is 241 cm³/mol. The lowest BCUT2D eigenvalue weighted by Gasteiger charge is -2.34. The van der Waals surface area contributed by atoms with Crippen molar-refractivity contribution < 1.29 is 0 Å². The third kappa shape index (κ3) is 5.39. The SMILES string of the molecule is CC1(C)C2=C(CCC(N(c3ccc(-c4ccccc4)cc3)c3ccc(-c4ccc5c(c4)N(c4ccccc4)c4cccc6cccc-5c46)cc3)=C2)c2ccccc21. The molecule has 0 fully saturated rings. The van der Waals surface area contributed by atoms with Crippen molar-refractivity contribution in [1.82, 2.24) is 0 Å². The zero-order valence-electron chi connectivity index (χ0n) is 32.3. The number of nitrogens with zero attached hydrogens (tertiary/aromatic N) is 2. The molecule has 1 heterocycles. The van der Waals surface area contributed by atoms with Crippen LogP contribution in [-0.4, -0.2) is 0 Å². The van der Waals surface area contributed by atoms with Gasteiger partial charge >= 0.3 is 0 Å². The van der Waals surface area contributed by atoms with E-state index in [0.29, 0.717) is 0 Å². The largest absolute Gasteiger partial charge is 0.314 e. The number of hydrogen-bond acceptors (Lipinski definition) is 2. The Hall–Kier alpha value is -6.90. The second-order valence-corrected chi connectivity index (χ2v) is 16.1. The molecule has 0 saturated heterocycles. The minimum atomic E-state index is -0.0452. The molecule has 3 aliphatic rings. The van der Waals surface area contributed by atoms with Crippen LogP contribution in [0, 0.1) is 0 Å². The third-order valence-corrected chi connectivity index (χ3v) is 12.5. The molecule has 2 heteroatoms. The van der Waals surface area contributed by atoms with E-state index in [1.165, 1.54) is 94.9 Å². The minimum Gasteiger partial charge on any atom is -0.314 e. The highest BCUT2D eigenvalue weighted by Crippen LogP contribution is 2.53. The number of rotatable bonds is 6. The fourth-order valence-corrected chi connectivity index (χ4v) is 9.72. The van der Waals surface area contributed by atoms with Gasteiger partial charge in [-0.25, -0.2) is 0 Å². The lowest BCUT2D eigenvalue weighted by molar-refractivity contribution is 0.648. The van der Waals surface area contributed by atoms with Crippen molar-refractivity contribution in [3.63, 3.8) is 0 Å². The molecule has 0 aromatic heterocycles. The average Bonchev–Trinajstić information content (AvgIpc) is 3.50. The van der Waals surface area contributed by atoms with E-state index < -0.39 is 0 Å². The molecule has 8 aromatic rings. The first-order valence-corrected chi connectivity index (χ1v) is 20.1. The van der Waals surface area contributed by atoms with Gasteiger partial charge in [0.1, 0.15) is 0 Å². The van der Waals surface area contributed by atoms with Crippen molar-refractivity contribution in [2.75, 3.05) is 9.80 Å². The van der Waals surface area contributed by atoms with Crippen molar-refractivity contribution in [2.24, 2.45) is 0 Å². The first-order valence-electron chi connectivity index (χ1n) is 20.1. The molecular formula is C55H42N2. The van der Waals surface area contributed by atoms with Crippen LogP contribution in [0.2, 0.25) is 0 Å². The van der Waals surface area contributed by atoms with E-state index in [-0.39, 0.29) is 5.41 Å². The molecule has 0 N–H and O–H groups in total. The van der Waals surface area contributed by atoms with E-state index in [0.717, 1.165) is 18.5 Å². The van der Waals surface area contributed by atoms with Gasteiger partial charge in [0.25, 0.3) is 0 Å². The Morgan fingerprint density at radius 1 is 0.474 bits per heavy atom. The van der Waals surface area contributed by atoms with Gasteiger partial charge in [0.15, 0.2) is 0 Å². The van der Waals surface area contributed by atoms with Crippen LogP contribution in [0.25, 0.3) is 49.7 Å². The molecular weight excluding hydrogens is 689 g/mol. The molecule has 2 aliphatic carbocycles. The zero-order valence-corrected chi connectivity index (χ0v) is 32.3. The Morgan fingerprint density at radius 2 is 1.07 bits per heavy atom. The molecule has 57 heavy (non-hydrogen) atoms. The summed E-state index contributed by atoms with van der Waals surface area (Å²) in [5, 5.41) is 2.56. The monoisotopic (exact) mass is 730 g/mol. The molecule has 0 saturated carbocycles. The van der Waals surface area contributed by atoms with E-state index >= 15 is 0 Å². The van der Waals surface area contributed by atoms with E-state index in [4.69, 9.17) is 0 Å². The Labute approximate surface area is 335 Å². The van der Waals surface area contributed by atoms with Gasteiger partial charge in [-0.3, -0.25) is 0 Å². The van der Waals surface area contributed by atoms with E-state index in [1.807, 2.05) is 0 Å². The summed E-state index contributed by atoms with van der Waals surface area (Å²) in [6.07, 6.45) is 4.50. The molecule has 0 radical (unpaired) electrons. The van der Waals surface area contributed by atoms with Crippen molar-refractivity contribution in [3.05, 3.63) is 217 Å². The molecule has 2 nitrogen and oxygen atoms in total. The summed E-state index contributed by atoms with van der Waals surface area (Å²) in [6.45, 7) is 4.77. The van der Waals surface area contributed by atoms with Crippen LogP contribution < -0.4 is 9.80 Å². The molecule has 11 rings (SSSR count). The van der Waals surface area contributed by atoms with Gasteiger partial charge in [0.2, 0.25) is 0 Å². The summed E-state index contributed by atoms with van der Waals surface area (Å²) < 4.78 is 0. The molecule has 1 aliphatic heterocycles. The van der Waals surface area contributed by atoms with Crippen molar-refractivity contribution in [1.29, 1.82) is 0 Å². The Morgan fingerprint density at radius 3 is 1.81 bits per heavy atom. The first-order chi connectivity index (χ1) is 28.0. The maximum atomic E-state index is 2.50. The lowest BCUT2D eigenvalue weighted by Crippen LogP contribution is -2.22. The quantitative estimate of drug-likeness (QED) is 0.168. The smallest absolute Gasteiger partial charge is 0.0546 e. The van der Waals surface area contributed by atoms with Gasteiger partial charge in [0.05, 0.1) is 11.4 Å². The van der Waals surface area contributed by atoms with Crippen molar-refractivity contribution in [2.45, 2.75) is 32.1 Å². The van der Waals surface area contributed by atoms with Crippen LogP contribution in [0.15, 0.2) is 205 Å². The second kappa shape index (κ2) is 13.1. The number of fused-ring (bicyclic) bond motifs is 4. The van der Waals surface area contributed by atoms with Gasteiger partial charge in [-0.15, -0.1) is 0 Å². The normalized spacial score (nSPS) is 14.8. The molecule has 0 atom stereocenters. The Bertz CT molecular complexity index is 2890. The predicted octanol–water partition coefficient (Wildman–Crippen LogP) is 15.2. The second-order valence-electron chi connectivity index (χ2n) is 16.1. The summed E-state index contributed by atoms with van der Waals surface area (Å²) in [5.74, 6) is 0. The van der Waals surface area contributed by atoms with Gasteiger partial charge in [-0.05, 0) is 123 Å². The fourth-order valence-electron chi connectivity index (χ4n) is 9.72. The van der Waals surface area contributed by atoms with Crippen LogP contribution in [0.4, 0.5) is 28.4 Å². The Balaban J connectivity index is 1.01. The van der Waals surface area contributed by atoms with Crippen molar-refractivity contribution >= 4 is 44.8 Å². The summed E-state index contributed by atoms with van der Waals surface area (Å²) in [6, 6.07) is 69.1. The van der Waals surface area contributed by atoms with Crippen LogP contribution in [0.3, 0.4) is 0 Å². The number of hydrogen-bond donors (Lipinski definition) is 0.